The van der Waals surface area contributed by atoms with Gasteiger partial charge < -0.3 is 20.5 Å². The van der Waals surface area contributed by atoms with Gasteiger partial charge in [-0.05, 0) is 24.6 Å². The second kappa shape index (κ2) is 9.14. The highest BCUT2D eigenvalue weighted by atomic mass is 16.5. The van der Waals surface area contributed by atoms with Gasteiger partial charge in [0.25, 0.3) is 5.91 Å². The van der Waals surface area contributed by atoms with Crippen molar-refractivity contribution >= 4 is 5.91 Å². The van der Waals surface area contributed by atoms with Crippen LogP contribution in [0.15, 0.2) is 18.2 Å². The Morgan fingerprint density at radius 2 is 2.19 bits per heavy atom. The number of ether oxygens (including phenoxy) is 2. The molecule has 0 saturated carbocycles. The second-order valence-corrected chi connectivity index (χ2v) is 4.56. The molecule has 0 fully saturated rings. The SMILES string of the molecule is COCC(CNC(=O)c1cc(C#CCN)ccc1C)OC. The van der Waals surface area contributed by atoms with Crippen molar-refractivity contribution in [2.24, 2.45) is 5.73 Å². The molecule has 1 amide bonds. The molecule has 3 N–H and O–H groups in total. The number of hydrogen-bond acceptors (Lipinski definition) is 4. The molecule has 5 nitrogen and oxygen atoms in total. The highest BCUT2D eigenvalue weighted by molar-refractivity contribution is 5.96. The van der Waals surface area contributed by atoms with E-state index in [1.165, 1.54) is 0 Å². The fraction of sp³-hybridized carbons (Fsp3) is 0.438. The Hall–Kier alpha value is -1.87. The Labute approximate surface area is 125 Å². The molecule has 0 aliphatic rings. The van der Waals surface area contributed by atoms with E-state index in [0.29, 0.717) is 25.3 Å². The quantitative estimate of drug-likeness (QED) is 0.756. The van der Waals surface area contributed by atoms with Gasteiger partial charge in [0.2, 0.25) is 0 Å². The van der Waals surface area contributed by atoms with Crippen molar-refractivity contribution in [1.29, 1.82) is 0 Å². The lowest BCUT2D eigenvalue weighted by Crippen LogP contribution is -2.35. The van der Waals surface area contributed by atoms with Crippen LogP contribution in [-0.2, 0) is 9.47 Å². The number of benzene rings is 1. The van der Waals surface area contributed by atoms with Gasteiger partial charge in [-0.15, -0.1) is 0 Å². The molecule has 21 heavy (non-hydrogen) atoms. The minimum absolute atomic E-state index is 0.151. The Balaban J connectivity index is 2.77. The molecule has 0 bridgehead atoms. The van der Waals surface area contributed by atoms with Crippen molar-refractivity contribution in [3.8, 4) is 11.8 Å². The van der Waals surface area contributed by atoms with Crippen LogP contribution in [-0.4, -0.2) is 45.9 Å². The van der Waals surface area contributed by atoms with Crippen molar-refractivity contribution in [2.75, 3.05) is 33.9 Å². The summed E-state index contributed by atoms with van der Waals surface area (Å²) in [6.45, 7) is 3.00. The van der Waals surface area contributed by atoms with Gasteiger partial charge in [0.1, 0.15) is 0 Å². The van der Waals surface area contributed by atoms with Crippen LogP contribution in [0.2, 0.25) is 0 Å². The van der Waals surface area contributed by atoms with Gasteiger partial charge in [0.05, 0.1) is 19.3 Å². The smallest absolute Gasteiger partial charge is 0.251 e. The molecular formula is C16H22N2O3. The summed E-state index contributed by atoms with van der Waals surface area (Å²) < 4.78 is 10.2. The summed E-state index contributed by atoms with van der Waals surface area (Å²) >= 11 is 0. The number of hydrogen-bond donors (Lipinski definition) is 2. The first-order chi connectivity index (χ1) is 10.1. The maximum atomic E-state index is 12.2. The summed E-state index contributed by atoms with van der Waals surface area (Å²) in [5, 5.41) is 2.84. The lowest BCUT2D eigenvalue weighted by molar-refractivity contribution is 0.0285. The summed E-state index contributed by atoms with van der Waals surface area (Å²) in [7, 11) is 3.18. The molecule has 0 aliphatic carbocycles. The van der Waals surface area contributed by atoms with E-state index in [0.717, 1.165) is 11.1 Å². The summed E-state index contributed by atoms with van der Waals surface area (Å²) in [4.78, 5) is 12.2. The average Bonchev–Trinajstić information content (AvgIpc) is 2.50. The van der Waals surface area contributed by atoms with Crippen LogP contribution in [0.4, 0.5) is 0 Å². The first kappa shape index (κ1) is 17.2. The zero-order chi connectivity index (χ0) is 15.7. The van der Waals surface area contributed by atoms with E-state index in [2.05, 4.69) is 17.2 Å². The van der Waals surface area contributed by atoms with E-state index in [-0.39, 0.29) is 12.0 Å². The van der Waals surface area contributed by atoms with Gasteiger partial charge in [-0.1, -0.05) is 17.9 Å². The normalized spacial score (nSPS) is 11.4. The first-order valence-corrected chi connectivity index (χ1v) is 6.71. The molecule has 1 aromatic rings. The molecule has 0 saturated heterocycles. The summed E-state index contributed by atoms with van der Waals surface area (Å²) in [5.74, 6) is 5.55. The number of carbonyl (C=O) groups excluding carboxylic acids is 1. The van der Waals surface area contributed by atoms with Crippen molar-refractivity contribution < 1.29 is 14.3 Å². The first-order valence-electron chi connectivity index (χ1n) is 6.71. The summed E-state index contributed by atoms with van der Waals surface area (Å²) in [6.07, 6.45) is -0.167. The van der Waals surface area contributed by atoms with Crippen molar-refractivity contribution in [2.45, 2.75) is 13.0 Å². The number of rotatable bonds is 6. The number of carbonyl (C=O) groups is 1. The van der Waals surface area contributed by atoms with Crippen LogP contribution in [0.25, 0.3) is 0 Å². The Morgan fingerprint density at radius 3 is 2.81 bits per heavy atom. The van der Waals surface area contributed by atoms with E-state index in [9.17, 15) is 4.79 Å². The van der Waals surface area contributed by atoms with Crippen molar-refractivity contribution in [3.05, 3.63) is 34.9 Å². The maximum absolute atomic E-state index is 12.2. The Bertz CT molecular complexity index is 532. The number of nitrogens with one attached hydrogen (secondary N) is 1. The molecule has 1 atom stereocenters. The van der Waals surface area contributed by atoms with Gasteiger partial charge in [-0.3, -0.25) is 4.79 Å². The topological polar surface area (TPSA) is 73.6 Å². The van der Waals surface area contributed by atoms with Crippen LogP contribution >= 0.6 is 0 Å². The number of nitrogens with two attached hydrogens (primary N) is 1. The standard InChI is InChI=1S/C16H22N2O3/c1-12-6-7-13(5-4-8-17)9-15(12)16(19)18-10-14(21-3)11-20-2/h6-7,9,14H,8,10-11,17H2,1-3H3,(H,18,19). The van der Waals surface area contributed by atoms with Gasteiger partial charge in [-0.25, -0.2) is 0 Å². The molecule has 0 spiro atoms. The highest BCUT2D eigenvalue weighted by Crippen LogP contribution is 2.10. The minimum atomic E-state index is -0.167. The van der Waals surface area contributed by atoms with Crippen molar-refractivity contribution in [1.82, 2.24) is 5.32 Å². The molecule has 0 radical (unpaired) electrons. The van der Waals surface area contributed by atoms with Crippen LogP contribution in [0.1, 0.15) is 21.5 Å². The Kier molecular flexibility index (Phi) is 7.48. The molecular weight excluding hydrogens is 268 g/mol. The summed E-state index contributed by atoms with van der Waals surface area (Å²) in [5.41, 5.74) is 7.62. The maximum Gasteiger partial charge on any atom is 0.251 e. The molecule has 1 unspecified atom stereocenters. The third-order valence-corrected chi connectivity index (χ3v) is 2.99. The third-order valence-electron chi connectivity index (χ3n) is 2.99. The zero-order valence-corrected chi connectivity index (χ0v) is 12.7. The molecule has 1 rings (SSSR count). The van der Waals surface area contributed by atoms with Gasteiger partial charge in [0.15, 0.2) is 0 Å². The monoisotopic (exact) mass is 290 g/mol. The van der Waals surface area contributed by atoms with Gasteiger partial charge >= 0.3 is 0 Å². The molecule has 0 aliphatic heterocycles. The third kappa shape index (κ3) is 5.56. The highest BCUT2D eigenvalue weighted by Gasteiger charge is 2.12. The van der Waals surface area contributed by atoms with Crippen LogP contribution < -0.4 is 11.1 Å². The number of methoxy groups -OCH3 is 2. The van der Waals surface area contributed by atoms with Gasteiger partial charge in [0, 0.05) is 31.9 Å². The predicted octanol–water partition coefficient (Wildman–Crippen LogP) is 0.696. The second-order valence-electron chi connectivity index (χ2n) is 4.56. The van der Waals surface area contributed by atoms with Crippen molar-refractivity contribution in [3.63, 3.8) is 0 Å². The summed E-state index contributed by atoms with van der Waals surface area (Å²) in [6, 6.07) is 5.52. The number of aryl methyl sites for hydroxylation is 1. The van der Waals surface area contributed by atoms with Crippen LogP contribution in [0, 0.1) is 18.8 Å². The van der Waals surface area contributed by atoms with Gasteiger partial charge in [-0.2, -0.15) is 0 Å². The van der Waals surface area contributed by atoms with E-state index < -0.39 is 0 Å². The molecule has 114 valence electrons. The predicted molar refractivity (Wildman–Crippen MR) is 82.1 cm³/mol. The molecule has 5 heteroatoms. The zero-order valence-electron chi connectivity index (χ0n) is 12.7. The molecule has 1 aromatic carbocycles. The number of amides is 1. The fourth-order valence-electron chi connectivity index (χ4n) is 1.80. The van der Waals surface area contributed by atoms with E-state index in [1.54, 1.807) is 20.3 Å². The largest absolute Gasteiger partial charge is 0.382 e. The molecule has 0 heterocycles. The van der Waals surface area contributed by atoms with E-state index >= 15 is 0 Å². The lowest BCUT2D eigenvalue weighted by Gasteiger charge is -2.15. The Morgan fingerprint density at radius 1 is 1.43 bits per heavy atom. The average molecular weight is 290 g/mol. The molecule has 0 aromatic heterocycles. The van der Waals surface area contributed by atoms with E-state index in [4.69, 9.17) is 15.2 Å². The van der Waals surface area contributed by atoms with Crippen LogP contribution in [0.5, 0.6) is 0 Å². The lowest BCUT2D eigenvalue weighted by atomic mass is 10.0. The minimum Gasteiger partial charge on any atom is -0.382 e. The fourth-order valence-corrected chi connectivity index (χ4v) is 1.80. The van der Waals surface area contributed by atoms with Crippen LogP contribution in [0.3, 0.4) is 0 Å². The van der Waals surface area contributed by atoms with E-state index in [1.807, 2.05) is 19.1 Å².